The van der Waals surface area contributed by atoms with Crippen molar-refractivity contribution in [3.8, 4) is 0 Å². The molecule has 15 heavy (non-hydrogen) atoms. The first-order valence-corrected chi connectivity index (χ1v) is 7.90. The summed E-state index contributed by atoms with van der Waals surface area (Å²) < 4.78 is 0. The number of ketones is 1. The lowest BCUT2D eigenvalue weighted by Gasteiger charge is -2.33. The summed E-state index contributed by atoms with van der Waals surface area (Å²) in [5.74, 6) is 4.63. The van der Waals surface area contributed by atoms with E-state index in [2.05, 4.69) is 35.3 Å². The van der Waals surface area contributed by atoms with E-state index in [1.807, 2.05) is 0 Å². The summed E-state index contributed by atoms with van der Waals surface area (Å²) in [5.41, 5.74) is 0. The second kappa shape index (κ2) is 5.60. The van der Waals surface area contributed by atoms with Gasteiger partial charge in [0.2, 0.25) is 0 Å². The van der Waals surface area contributed by atoms with Crippen LogP contribution < -0.4 is 0 Å². The SMILES string of the molecule is CC1CN(CC2CSCCS2)CCC1=O. The van der Waals surface area contributed by atoms with Crippen molar-refractivity contribution >= 4 is 29.3 Å². The number of carbonyl (C=O) groups is 1. The number of Topliss-reactive ketones (excluding diaryl/α,β-unsaturated/α-hetero) is 1. The molecule has 0 N–H and O–H groups in total. The maximum Gasteiger partial charge on any atom is 0.138 e. The van der Waals surface area contributed by atoms with E-state index < -0.39 is 0 Å². The molecule has 0 spiro atoms. The van der Waals surface area contributed by atoms with E-state index >= 15 is 0 Å². The molecule has 4 heteroatoms. The molecule has 0 aromatic heterocycles. The third-order valence-electron chi connectivity index (χ3n) is 3.10. The van der Waals surface area contributed by atoms with Gasteiger partial charge in [0.1, 0.15) is 5.78 Å². The van der Waals surface area contributed by atoms with Gasteiger partial charge in [-0.3, -0.25) is 4.79 Å². The predicted molar refractivity (Wildman–Crippen MR) is 68.8 cm³/mol. The van der Waals surface area contributed by atoms with Crippen molar-refractivity contribution in [3.05, 3.63) is 0 Å². The Hall–Kier alpha value is 0.330. The molecule has 2 aliphatic rings. The highest BCUT2D eigenvalue weighted by Gasteiger charge is 2.26. The van der Waals surface area contributed by atoms with E-state index in [0.29, 0.717) is 5.78 Å². The van der Waals surface area contributed by atoms with Crippen molar-refractivity contribution in [3.63, 3.8) is 0 Å². The van der Waals surface area contributed by atoms with Crippen molar-refractivity contribution in [1.82, 2.24) is 4.90 Å². The molecule has 86 valence electrons. The topological polar surface area (TPSA) is 20.3 Å². The molecule has 2 nitrogen and oxygen atoms in total. The van der Waals surface area contributed by atoms with Crippen LogP contribution in [0.25, 0.3) is 0 Å². The Morgan fingerprint density at radius 2 is 2.33 bits per heavy atom. The van der Waals surface area contributed by atoms with Crippen LogP contribution in [0.4, 0.5) is 0 Å². The van der Waals surface area contributed by atoms with Gasteiger partial charge in [-0.25, -0.2) is 0 Å². The Morgan fingerprint density at radius 1 is 1.47 bits per heavy atom. The Kier molecular flexibility index (Phi) is 4.40. The molecule has 0 amide bonds. The molecule has 2 heterocycles. The van der Waals surface area contributed by atoms with Crippen molar-refractivity contribution in [2.24, 2.45) is 5.92 Å². The van der Waals surface area contributed by atoms with Gasteiger partial charge in [-0.1, -0.05) is 6.92 Å². The minimum absolute atomic E-state index is 0.264. The first-order chi connectivity index (χ1) is 7.25. The number of likely N-dealkylation sites (tertiary alicyclic amines) is 1. The van der Waals surface area contributed by atoms with Crippen LogP contribution in [0.1, 0.15) is 13.3 Å². The minimum atomic E-state index is 0.264. The Labute approximate surface area is 101 Å². The summed E-state index contributed by atoms with van der Waals surface area (Å²) in [7, 11) is 0. The molecule has 0 bridgehead atoms. The van der Waals surface area contributed by atoms with Gasteiger partial charge in [0.05, 0.1) is 0 Å². The number of piperidine rings is 1. The zero-order chi connectivity index (χ0) is 10.7. The van der Waals surface area contributed by atoms with Crippen molar-refractivity contribution in [2.45, 2.75) is 18.6 Å². The Bertz CT molecular complexity index is 229. The third kappa shape index (κ3) is 3.40. The van der Waals surface area contributed by atoms with Crippen molar-refractivity contribution in [2.75, 3.05) is 36.9 Å². The molecule has 2 unspecified atom stereocenters. The van der Waals surface area contributed by atoms with Crippen LogP contribution in [0.5, 0.6) is 0 Å². The first kappa shape index (κ1) is 11.8. The summed E-state index contributed by atoms with van der Waals surface area (Å²) in [5, 5.41) is 0.796. The standard InChI is InChI=1S/C11H19NOS2/c1-9-6-12(3-2-11(9)13)7-10-8-14-4-5-15-10/h9-10H,2-8H2,1H3. The predicted octanol–water partition coefficient (Wildman–Crippen LogP) is 1.75. The summed E-state index contributed by atoms with van der Waals surface area (Å²) in [6.07, 6.45) is 0.770. The van der Waals surface area contributed by atoms with Gasteiger partial charge in [-0.2, -0.15) is 23.5 Å². The summed E-state index contributed by atoms with van der Waals surface area (Å²) in [4.78, 5) is 13.9. The van der Waals surface area contributed by atoms with Gasteiger partial charge in [-0.05, 0) is 0 Å². The van der Waals surface area contributed by atoms with E-state index in [1.165, 1.54) is 23.8 Å². The average Bonchev–Trinajstić information content (AvgIpc) is 2.25. The van der Waals surface area contributed by atoms with Gasteiger partial charge >= 0.3 is 0 Å². The summed E-state index contributed by atoms with van der Waals surface area (Å²) >= 11 is 4.19. The fourth-order valence-electron chi connectivity index (χ4n) is 2.19. The normalized spacial score (nSPS) is 34.3. The highest BCUT2D eigenvalue weighted by Crippen LogP contribution is 2.25. The largest absolute Gasteiger partial charge is 0.301 e. The van der Waals surface area contributed by atoms with Crippen LogP contribution in [-0.4, -0.2) is 52.8 Å². The van der Waals surface area contributed by atoms with E-state index in [4.69, 9.17) is 0 Å². The molecule has 2 atom stereocenters. The Morgan fingerprint density at radius 3 is 3.00 bits per heavy atom. The molecule has 2 saturated heterocycles. The van der Waals surface area contributed by atoms with Crippen LogP contribution in [0.2, 0.25) is 0 Å². The number of thioether (sulfide) groups is 2. The third-order valence-corrected chi connectivity index (χ3v) is 5.93. The Balaban J connectivity index is 1.76. The zero-order valence-corrected chi connectivity index (χ0v) is 10.9. The minimum Gasteiger partial charge on any atom is -0.301 e. The fourth-order valence-corrected chi connectivity index (χ4v) is 4.91. The van der Waals surface area contributed by atoms with Crippen LogP contribution in [0.3, 0.4) is 0 Å². The van der Waals surface area contributed by atoms with Gasteiger partial charge in [0, 0.05) is 54.5 Å². The van der Waals surface area contributed by atoms with E-state index in [9.17, 15) is 4.79 Å². The molecule has 0 aromatic carbocycles. The fraction of sp³-hybridized carbons (Fsp3) is 0.909. The van der Waals surface area contributed by atoms with Crippen LogP contribution in [0.15, 0.2) is 0 Å². The van der Waals surface area contributed by atoms with Gasteiger partial charge in [0.15, 0.2) is 0 Å². The molecule has 2 aliphatic heterocycles. The number of hydrogen-bond donors (Lipinski definition) is 0. The van der Waals surface area contributed by atoms with Crippen molar-refractivity contribution < 1.29 is 4.79 Å². The molecule has 2 fully saturated rings. The van der Waals surface area contributed by atoms with E-state index in [0.717, 1.165) is 24.8 Å². The lowest BCUT2D eigenvalue weighted by molar-refractivity contribution is -0.125. The molecule has 0 saturated carbocycles. The number of rotatable bonds is 2. The molecule has 0 aromatic rings. The highest BCUT2D eigenvalue weighted by molar-refractivity contribution is 8.06. The highest BCUT2D eigenvalue weighted by atomic mass is 32.2. The number of carbonyl (C=O) groups excluding carboxylic acids is 1. The van der Waals surface area contributed by atoms with Gasteiger partial charge < -0.3 is 4.90 Å². The average molecular weight is 245 g/mol. The van der Waals surface area contributed by atoms with E-state index in [1.54, 1.807) is 0 Å². The molecular weight excluding hydrogens is 226 g/mol. The second-order valence-electron chi connectivity index (χ2n) is 4.44. The maximum absolute atomic E-state index is 11.4. The lowest BCUT2D eigenvalue weighted by atomic mass is 9.98. The van der Waals surface area contributed by atoms with Crippen LogP contribution in [0, 0.1) is 5.92 Å². The number of hydrogen-bond acceptors (Lipinski definition) is 4. The summed E-state index contributed by atoms with van der Waals surface area (Å²) in [6.45, 7) is 5.23. The van der Waals surface area contributed by atoms with Gasteiger partial charge in [0.25, 0.3) is 0 Å². The molecular formula is C11H19NOS2. The lowest BCUT2D eigenvalue weighted by Crippen LogP contribution is -2.43. The molecule has 0 radical (unpaired) electrons. The monoisotopic (exact) mass is 245 g/mol. The van der Waals surface area contributed by atoms with E-state index in [-0.39, 0.29) is 5.92 Å². The zero-order valence-electron chi connectivity index (χ0n) is 9.28. The summed E-state index contributed by atoms with van der Waals surface area (Å²) in [6, 6.07) is 0. The smallest absolute Gasteiger partial charge is 0.138 e. The van der Waals surface area contributed by atoms with Crippen LogP contribution in [-0.2, 0) is 4.79 Å². The molecule has 0 aliphatic carbocycles. The van der Waals surface area contributed by atoms with Gasteiger partial charge in [-0.15, -0.1) is 0 Å². The maximum atomic E-state index is 11.4. The second-order valence-corrected chi connectivity index (χ2v) is 7.00. The van der Waals surface area contributed by atoms with Crippen LogP contribution >= 0.6 is 23.5 Å². The number of nitrogens with zero attached hydrogens (tertiary/aromatic N) is 1. The molecule has 2 rings (SSSR count). The quantitative estimate of drug-likeness (QED) is 0.738. The first-order valence-electron chi connectivity index (χ1n) is 5.70. The van der Waals surface area contributed by atoms with Crippen molar-refractivity contribution in [1.29, 1.82) is 0 Å².